The molecule has 5 nitrogen and oxygen atoms in total. The first-order valence-corrected chi connectivity index (χ1v) is 8.73. The Morgan fingerprint density at radius 1 is 1.15 bits per heavy atom. The molecule has 0 unspecified atom stereocenters. The highest BCUT2D eigenvalue weighted by atomic mass is 35.5. The minimum absolute atomic E-state index is 0.0343. The van der Waals surface area contributed by atoms with E-state index in [-0.39, 0.29) is 5.56 Å². The summed E-state index contributed by atoms with van der Waals surface area (Å²) in [6.07, 6.45) is 7.74. The van der Waals surface area contributed by atoms with Crippen molar-refractivity contribution in [1.29, 1.82) is 0 Å². The topological polar surface area (TPSA) is 47.7 Å². The van der Waals surface area contributed by atoms with Gasteiger partial charge in [0, 0.05) is 24.2 Å². The Bertz CT molecular complexity index is 981. The first-order chi connectivity index (χ1) is 12.8. The molecule has 2 aromatic heterocycles. The molecule has 0 amide bonds. The molecule has 0 radical (unpaired) electrons. The zero-order chi connectivity index (χ0) is 18.2. The Balaban J connectivity index is 1.89. The highest BCUT2D eigenvalue weighted by molar-refractivity contribution is 6.25. The van der Waals surface area contributed by atoms with Crippen LogP contribution in [0.15, 0.2) is 82.5 Å². The van der Waals surface area contributed by atoms with Crippen molar-refractivity contribution in [3.63, 3.8) is 0 Å². The third-order valence-corrected chi connectivity index (χ3v) is 4.04. The van der Waals surface area contributed by atoms with Gasteiger partial charge in [0.15, 0.2) is 0 Å². The molecule has 0 aliphatic carbocycles. The SMILES string of the molecule is O=c1c(-c2ccccc2)cn(CC/C=N\OC/C=C\Cl)c2cccc[n+]12. The Kier molecular flexibility index (Phi) is 6.17. The van der Waals surface area contributed by atoms with Gasteiger partial charge in [0.2, 0.25) is 0 Å². The van der Waals surface area contributed by atoms with E-state index in [4.69, 9.17) is 16.4 Å². The lowest BCUT2D eigenvalue weighted by Crippen LogP contribution is -2.43. The molecule has 0 aliphatic rings. The van der Waals surface area contributed by atoms with E-state index >= 15 is 0 Å². The van der Waals surface area contributed by atoms with Crippen LogP contribution >= 0.6 is 11.6 Å². The van der Waals surface area contributed by atoms with E-state index in [0.717, 1.165) is 11.2 Å². The molecular weight excluding hydrogens is 350 g/mol. The van der Waals surface area contributed by atoms with Gasteiger partial charge in [-0.2, -0.15) is 4.40 Å². The zero-order valence-electron chi connectivity index (χ0n) is 14.2. The van der Waals surface area contributed by atoms with Gasteiger partial charge in [-0.15, -0.1) is 0 Å². The van der Waals surface area contributed by atoms with Crippen molar-refractivity contribution in [2.45, 2.75) is 13.0 Å². The van der Waals surface area contributed by atoms with E-state index in [1.807, 2.05) is 54.7 Å². The third-order valence-electron chi connectivity index (χ3n) is 3.86. The molecule has 0 saturated heterocycles. The molecule has 6 heteroatoms. The molecule has 1 aromatic carbocycles. The first-order valence-electron chi connectivity index (χ1n) is 8.29. The van der Waals surface area contributed by atoms with Crippen LogP contribution in [0, 0.1) is 0 Å². The van der Waals surface area contributed by atoms with E-state index in [1.165, 1.54) is 5.54 Å². The molecular formula is C20H19ClN3O2+. The Morgan fingerprint density at radius 3 is 2.77 bits per heavy atom. The maximum absolute atomic E-state index is 12.8. The number of aromatic nitrogens is 2. The molecule has 0 atom stereocenters. The average Bonchev–Trinajstić information content (AvgIpc) is 2.69. The Labute approximate surface area is 156 Å². The molecule has 0 fully saturated rings. The van der Waals surface area contributed by atoms with Crippen molar-refractivity contribution in [2.75, 3.05) is 6.61 Å². The van der Waals surface area contributed by atoms with Crippen molar-refractivity contribution in [1.82, 2.24) is 4.57 Å². The van der Waals surface area contributed by atoms with E-state index in [2.05, 4.69) is 9.72 Å². The van der Waals surface area contributed by atoms with Crippen molar-refractivity contribution < 1.29 is 9.24 Å². The lowest BCUT2D eigenvalue weighted by atomic mass is 10.1. The first kappa shape index (κ1) is 17.9. The number of oxime groups is 1. The second-order valence-corrected chi connectivity index (χ2v) is 5.82. The fourth-order valence-electron chi connectivity index (χ4n) is 2.67. The molecule has 3 aromatic rings. The summed E-state index contributed by atoms with van der Waals surface area (Å²) in [6, 6.07) is 15.4. The van der Waals surface area contributed by atoms with Gasteiger partial charge in [-0.05, 0) is 17.7 Å². The fourth-order valence-corrected chi connectivity index (χ4v) is 2.74. The zero-order valence-corrected chi connectivity index (χ0v) is 14.9. The fraction of sp³-hybridized carbons (Fsp3) is 0.150. The van der Waals surface area contributed by atoms with Gasteiger partial charge in [0.05, 0.1) is 12.7 Å². The second-order valence-electron chi connectivity index (χ2n) is 5.57. The molecule has 132 valence electrons. The molecule has 0 spiro atoms. The van der Waals surface area contributed by atoms with Crippen molar-refractivity contribution in [3.05, 3.63) is 82.9 Å². The van der Waals surface area contributed by atoms with E-state index in [9.17, 15) is 4.79 Å². The Hall–Kier alpha value is -2.92. The van der Waals surface area contributed by atoms with Gasteiger partial charge in [-0.25, -0.2) is 9.36 Å². The number of hydrogen-bond acceptors (Lipinski definition) is 3. The lowest BCUT2D eigenvalue weighted by Gasteiger charge is -2.06. The number of pyridine rings is 1. The van der Waals surface area contributed by atoms with Gasteiger partial charge >= 0.3 is 5.56 Å². The predicted octanol–water partition coefficient (Wildman–Crippen LogP) is 3.40. The van der Waals surface area contributed by atoms with Gasteiger partial charge < -0.3 is 4.84 Å². The smallest absolute Gasteiger partial charge is 0.350 e. The molecule has 2 heterocycles. The number of halogens is 1. The van der Waals surface area contributed by atoms with Crippen LogP contribution in [0.2, 0.25) is 0 Å². The highest BCUT2D eigenvalue weighted by Gasteiger charge is 2.16. The predicted molar refractivity (Wildman–Crippen MR) is 103 cm³/mol. The Morgan fingerprint density at radius 2 is 1.96 bits per heavy atom. The normalized spacial score (nSPS) is 11.6. The summed E-state index contributed by atoms with van der Waals surface area (Å²) < 4.78 is 3.72. The van der Waals surface area contributed by atoms with Gasteiger partial charge in [-0.1, -0.05) is 53.2 Å². The number of benzene rings is 1. The van der Waals surface area contributed by atoms with E-state index in [0.29, 0.717) is 25.1 Å². The summed E-state index contributed by atoms with van der Waals surface area (Å²) >= 11 is 5.41. The second kappa shape index (κ2) is 8.97. The maximum Gasteiger partial charge on any atom is 0.350 e. The largest absolute Gasteiger partial charge is 0.392 e. The van der Waals surface area contributed by atoms with Crippen LogP contribution in [0.5, 0.6) is 0 Å². The quantitative estimate of drug-likeness (QED) is 0.278. The summed E-state index contributed by atoms with van der Waals surface area (Å²) in [5, 5.41) is 3.89. The van der Waals surface area contributed by atoms with Crippen molar-refractivity contribution in [3.8, 4) is 11.1 Å². The van der Waals surface area contributed by atoms with Crippen LogP contribution in [0.4, 0.5) is 0 Å². The molecule has 3 rings (SSSR count). The summed E-state index contributed by atoms with van der Waals surface area (Å²) in [4.78, 5) is 17.9. The standard InChI is InChI=1S/C20H19ClN3O2/c21-11-6-15-26-22-12-7-13-23-16-18(17-8-2-1-3-9-17)20(25)24-14-5-4-10-19(23)24/h1-6,8-12,14,16H,7,13,15H2/q+1/b11-6-,22-12-. The minimum atomic E-state index is -0.0343. The number of nitrogens with zero attached hydrogens (tertiary/aromatic N) is 3. The lowest BCUT2D eigenvalue weighted by molar-refractivity contribution is -0.531. The summed E-state index contributed by atoms with van der Waals surface area (Å²) in [7, 11) is 0. The van der Waals surface area contributed by atoms with Gasteiger partial charge in [-0.3, -0.25) is 0 Å². The number of hydrogen-bond donors (Lipinski definition) is 0. The average molecular weight is 369 g/mol. The summed E-state index contributed by atoms with van der Waals surface area (Å²) in [5.74, 6) is 0. The van der Waals surface area contributed by atoms with Crippen LogP contribution in [0.25, 0.3) is 16.8 Å². The van der Waals surface area contributed by atoms with Crippen molar-refractivity contribution >= 4 is 23.5 Å². The van der Waals surface area contributed by atoms with Crippen molar-refractivity contribution in [2.24, 2.45) is 5.16 Å². The third kappa shape index (κ3) is 4.18. The number of fused-ring (bicyclic) bond motifs is 1. The molecule has 26 heavy (non-hydrogen) atoms. The number of rotatable bonds is 7. The van der Waals surface area contributed by atoms with E-state index < -0.39 is 0 Å². The molecule has 0 saturated carbocycles. The molecule has 0 N–H and O–H groups in total. The summed E-state index contributed by atoms with van der Waals surface area (Å²) in [6.45, 7) is 1.01. The maximum atomic E-state index is 12.8. The van der Waals surface area contributed by atoms with E-state index in [1.54, 1.807) is 22.9 Å². The van der Waals surface area contributed by atoms with Crippen LogP contribution < -0.4 is 9.96 Å². The monoisotopic (exact) mass is 368 g/mol. The van der Waals surface area contributed by atoms with Gasteiger partial charge in [0.25, 0.3) is 5.65 Å². The van der Waals surface area contributed by atoms with Crippen LogP contribution in [0.3, 0.4) is 0 Å². The van der Waals surface area contributed by atoms with Crippen LogP contribution in [0.1, 0.15) is 6.42 Å². The summed E-state index contributed by atoms with van der Waals surface area (Å²) in [5.41, 5.74) is 3.75. The van der Waals surface area contributed by atoms with Crippen LogP contribution in [-0.2, 0) is 11.4 Å². The minimum Gasteiger partial charge on any atom is -0.392 e. The molecule has 0 aliphatic heterocycles. The molecule has 0 bridgehead atoms. The van der Waals surface area contributed by atoms with Gasteiger partial charge in [0.1, 0.15) is 18.4 Å². The van der Waals surface area contributed by atoms with Crippen LogP contribution in [-0.4, -0.2) is 17.4 Å². The number of aryl methyl sites for hydroxylation is 1. The highest BCUT2D eigenvalue weighted by Crippen LogP contribution is 2.14.